The number of hydrogen-bond donors (Lipinski definition) is 0. The molecule has 0 N–H and O–H groups in total. The molecule has 0 aliphatic carbocycles. The molecule has 0 aromatic rings. The van der Waals surface area contributed by atoms with Crippen molar-refractivity contribution in [1.82, 2.24) is 0 Å². The quantitative estimate of drug-likeness (QED) is 0.214. The average molecular weight is 366 g/mol. The van der Waals surface area contributed by atoms with Crippen LogP contribution in [0.4, 0.5) is 0 Å². The second kappa shape index (κ2) is 12.9. The minimum absolute atomic E-state index is 0.0766. The monoisotopic (exact) mass is 366 g/mol. The molecule has 1 atom stereocenters. The fourth-order valence-electron chi connectivity index (χ4n) is 1.77. The van der Waals surface area contributed by atoms with Gasteiger partial charge in [0.15, 0.2) is 0 Å². The molecular formula is C20H30O6. The van der Waals surface area contributed by atoms with Gasteiger partial charge in [-0.2, -0.15) is 0 Å². The summed E-state index contributed by atoms with van der Waals surface area (Å²) in [5.74, 6) is -1.48. The minimum Gasteiger partial charge on any atom is -0.462 e. The summed E-state index contributed by atoms with van der Waals surface area (Å²) < 4.78 is 15.5. The van der Waals surface area contributed by atoms with Gasteiger partial charge in [-0.3, -0.25) is 0 Å². The van der Waals surface area contributed by atoms with E-state index in [4.69, 9.17) is 14.2 Å². The Morgan fingerprint density at radius 3 is 1.96 bits per heavy atom. The van der Waals surface area contributed by atoms with Crippen molar-refractivity contribution in [3.63, 3.8) is 0 Å². The Bertz CT molecular complexity index is 547. The van der Waals surface area contributed by atoms with E-state index in [0.29, 0.717) is 37.0 Å². The van der Waals surface area contributed by atoms with Crippen LogP contribution in [-0.4, -0.2) is 37.2 Å². The van der Waals surface area contributed by atoms with Crippen LogP contribution >= 0.6 is 0 Å². The number of carbonyl (C=O) groups is 3. The SMILES string of the molecule is C=C(C)C(=O)OCCC(CCC(=C)C(=O)OCCCC)OC(=O)C(=C)C. The highest BCUT2D eigenvalue weighted by Gasteiger charge is 2.18. The van der Waals surface area contributed by atoms with Gasteiger partial charge in [-0.05, 0) is 33.1 Å². The Morgan fingerprint density at radius 1 is 0.846 bits per heavy atom. The molecule has 0 fully saturated rings. The molecule has 146 valence electrons. The smallest absolute Gasteiger partial charge is 0.333 e. The van der Waals surface area contributed by atoms with Crippen molar-refractivity contribution in [1.29, 1.82) is 0 Å². The lowest BCUT2D eigenvalue weighted by Gasteiger charge is -2.18. The van der Waals surface area contributed by atoms with Crippen LogP contribution in [0.5, 0.6) is 0 Å². The van der Waals surface area contributed by atoms with Crippen LogP contribution in [0.25, 0.3) is 0 Å². The largest absolute Gasteiger partial charge is 0.462 e. The summed E-state index contributed by atoms with van der Waals surface area (Å²) in [5.41, 5.74) is 0.881. The predicted octanol–water partition coefficient (Wildman–Crippen LogP) is 3.66. The Morgan fingerprint density at radius 2 is 1.42 bits per heavy atom. The molecule has 0 saturated carbocycles. The van der Waals surface area contributed by atoms with E-state index in [-0.39, 0.29) is 12.2 Å². The highest BCUT2D eigenvalue weighted by Crippen LogP contribution is 2.15. The fraction of sp³-hybridized carbons (Fsp3) is 0.550. The van der Waals surface area contributed by atoms with E-state index in [0.717, 1.165) is 12.8 Å². The third kappa shape index (κ3) is 10.5. The number of rotatable bonds is 13. The first kappa shape index (κ1) is 23.6. The second-order valence-corrected chi connectivity index (χ2v) is 6.14. The van der Waals surface area contributed by atoms with Gasteiger partial charge in [0.25, 0.3) is 0 Å². The molecular weight excluding hydrogens is 336 g/mol. The lowest BCUT2D eigenvalue weighted by molar-refractivity contribution is -0.146. The van der Waals surface area contributed by atoms with Crippen LogP contribution < -0.4 is 0 Å². The van der Waals surface area contributed by atoms with E-state index in [9.17, 15) is 14.4 Å². The molecule has 0 aromatic carbocycles. The molecule has 0 heterocycles. The summed E-state index contributed by atoms with van der Waals surface area (Å²) >= 11 is 0. The van der Waals surface area contributed by atoms with Crippen molar-refractivity contribution in [2.45, 2.75) is 59.0 Å². The third-order valence-corrected chi connectivity index (χ3v) is 3.43. The minimum atomic E-state index is -0.530. The van der Waals surface area contributed by atoms with E-state index in [1.807, 2.05) is 6.92 Å². The molecule has 26 heavy (non-hydrogen) atoms. The molecule has 0 aliphatic rings. The van der Waals surface area contributed by atoms with Crippen LogP contribution in [0.2, 0.25) is 0 Å². The number of carbonyl (C=O) groups excluding carboxylic acids is 3. The summed E-state index contributed by atoms with van der Waals surface area (Å²) in [7, 11) is 0. The summed E-state index contributed by atoms with van der Waals surface area (Å²) in [4.78, 5) is 35.0. The highest BCUT2D eigenvalue weighted by molar-refractivity contribution is 5.88. The molecule has 1 unspecified atom stereocenters. The first-order valence-corrected chi connectivity index (χ1v) is 8.73. The number of esters is 3. The molecule has 0 bridgehead atoms. The van der Waals surface area contributed by atoms with Gasteiger partial charge in [0, 0.05) is 23.1 Å². The van der Waals surface area contributed by atoms with Crippen molar-refractivity contribution < 1.29 is 28.6 Å². The molecule has 0 saturated heterocycles. The van der Waals surface area contributed by atoms with Crippen molar-refractivity contribution in [3.05, 3.63) is 36.5 Å². The van der Waals surface area contributed by atoms with Crippen molar-refractivity contribution in [3.8, 4) is 0 Å². The Labute approximate surface area is 155 Å². The molecule has 0 radical (unpaired) electrons. The predicted molar refractivity (Wildman–Crippen MR) is 99.3 cm³/mol. The van der Waals surface area contributed by atoms with Crippen LogP contribution in [0.3, 0.4) is 0 Å². The number of unbranched alkanes of at least 4 members (excludes halogenated alkanes) is 1. The van der Waals surface area contributed by atoms with E-state index in [2.05, 4.69) is 19.7 Å². The van der Waals surface area contributed by atoms with Gasteiger partial charge in [-0.15, -0.1) is 0 Å². The van der Waals surface area contributed by atoms with Crippen molar-refractivity contribution in [2.75, 3.05) is 13.2 Å². The lowest BCUT2D eigenvalue weighted by atomic mass is 10.1. The maximum atomic E-state index is 11.8. The maximum Gasteiger partial charge on any atom is 0.333 e. The van der Waals surface area contributed by atoms with Crippen LogP contribution in [-0.2, 0) is 28.6 Å². The zero-order valence-electron chi connectivity index (χ0n) is 16.1. The van der Waals surface area contributed by atoms with Gasteiger partial charge in [0.05, 0.1) is 13.2 Å². The normalized spacial score (nSPS) is 11.2. The molecule has 0 amide bonds. The summed E-state index contributed by atoms with van der Waals surface area (Å²) in [6, 6.07) is 0. The van der Waals surface area contributed by atoms with Crippen LogP contribution in [0.1, 0.15) is 52.9 Å². The summed E-state index contributed by atoms with van der Waals surface area (Å²) in [6.07, 6.45) is 2.18. The molecule has 6 heteroatoms. The van der Waals surface area contributed by atoms with Crippen LogP contribution in [0, 0.1) is 0 Å². The average Bonchev–Trinajstić information content (AvgIpc) is 2.58. The molecule has 0 aliphatic heterocycles. The Hall–Kier alpha value is -2.37. The van der Waals surface area contributed by atoms with Gasteiger partial charge in [-0.1, -0.05) is 33.1 Å². The van der Waals surface area contributed by atoms with Gasteiger partial charge < -0.3 is 14.2 Å². The molecule has 0 aromatic heterocycles. The Kier molecular flexibility index (Phi) is 11.7. The Balaban J connectivity index is 4.55. The summed E-state index contributed by atoms with van der Waals surface area (Å²) in [6.45, 7) is 16.3. The highest BCUT2D eigenvalue weighted by atomic mass is 16.6. The first-order valence-electron chi connectivity index (χ1n) is 8.73. The van der Waals surface area contributed by atoms with Gasteiger partial charge in [0.2, 0.25) is 0 Å². The molecule has 6 nitrogen and oxygen atoms in total. The molecule has 0 rings (SSSR count). The fourth-order valence-corrected chi connectivity index (χ4v) is 1.77. The zero-order chi connectivity index (χ0) is 20.1. The van der Waals surface area contributed by atoms with Gasteiger partial charge in [0.1, 0.15) is 6.10 Å². The van der Waals surface area contributed by atoms with Crippen molar-refractivity contribution >= 4 is 17.9 Å². The van der Waals surface area contributed by atoms with Gasteiger partial charge in [-0.25, -0.2) is 14.4 Å². The van der Waals surface area contributed by atoms with E-state index >= 15 is 0 Å². The van der Waals surface area contributed by atoms with E-state index in [1.165, 1.54) is 0 Å². The summed E-state index contributed by atoms with van der Waals surface area (Å²) in [5, 5.41) is 0. The lowest BCUT2D eigenvalue weighted by Crippen LogP contribution is -2.22. The number of hydrogen-bond acceptors (Lipinski definition) is 6. The maximum absolute atomic E-state index is 11.8. The zero-order valence-corrected chi connectivity index (χ0v) is 16.1. The topological polar surface area (TPSA) is 78.9 Å². The second-order valence-electron chi connectivity index (χ2n) is 6.14. The first-order chi connectivity index (χ1) is 12.2. The van der Waals surface area contributed by atoms with Crippen molar-refractivity contribution in [2.24, 2.45) is 0 Å². The van der Waals surface area contributed by atoms with E-state index in [1.54, 1.807) is 13.8 Å². The van der Waals surface area contributed by atoms with E-state index < -0.39 is 24.0 Å². The molecule has 0 spiro atoms. The number of ether oxygens (including phenoxy) is 3. The standard InChI is InChI=1S/C20H30O6/c1-7-8-12-24-20(23)16(6)9-10-17(26-19(22)15(4)5)11-13-25-18(21)14(2)3/h17H,2,4,6-13H2,1,3,5H3. The third-order valence-electron chi connectivity index (χ3n) is 3.43. The van der Waals surface area contributed by atoms with Crippen LogP contribution in [0.15, 0.2) is 36.5 Å². The van der Waals surface area contributed by atoms with Gasteiger partial charge >= 0.3 is 17.9 Å².